The number of hydrogen-bond acceptors (Lipinski definition) is 3. The zero-order valence-corrected chi connectivity index (χ0v) is 13.3. The van der Waals surface area contributed by atoms with Gasteiger partial charge in [-0.05, 0) is 60.2 Å². The summed E-state index contributed by atoms with van der Waals surface area (Å²) in [6, 6.07) is 5.25. The van der Waals surface area contributed by atoms with E-state index in [0.717, 1.165) is 16.5 Å². The summed E-state index contributed by atoms with van der Waals surface area (Å²) in [5.41, 5.74) is 0.447. The molecule has 100 valence electrons. The first-order valence-electron chi connectivity index (χ1n) is 5.66. The van der Waals surface area contributed by atoms with Crippen molar-refractivity contribution in [1.29, 1.82) is 0 Å². The van der Waals surface area contributed by atoms with Crippen LogP contribution in [0.3, 0.4) is 0 Å². The minimum atomic E-state index is -3.37. The number of anilines is 1. The molecule has 0 aliphatic carbocycles. The van der Waals surface area contributed by atoms with E-state index in [1.165, 1.54) is 0 Å². The van der Waals surface area contributed by atoms with E-state index in [-0.39, 0.29) is 5.25 Å². The zero-order chi connectivity index (χ0) is 13.2. The van der Waals surface area contributed by atoms with Gasteiger partial charge in [0.05, 0.1) is 16.0 Å². The Balaban J connectivity index is 2.16. The molecule has 0 saturated carbocycles. The minimum Gasteiger partial charge on any atom is -0.315 e. The molecule has 1 aromatic rings. The zero-order valence-electron chi connectivity index (χ0n) is 9.62. The summed E-state index contributed by atoms with van der Waals surface area (Å²) in [6.45, 7) is 1.38. The van der Waals surface area contributed by atoms with E-state index in [2.05, 4.69) is 32.6 Å². The summed E-state index contributed by atoms with van der Waals surface area (Å²) in [7, 11) is -3.37. The smallest absolute Gasteiger partial charge is 0.236 e. The summed E-state index contributed by atoms with van der Waals surface area (Å²) in [5, 5.41) is 3.13. The van der Waals surface area contributed by atoms with Crippen LogP contribution in [0.4, 0.5) is 5.69 Å². The second-order valence-electron chi connectivity index (χ2n) is 4.24. The number of sulfonamides is 1. The number of halogens is 2. The van der Waals surface area contributed by atoms with Crippen molar-refractivity contribution in [3.63, 3.8) is 0 Å². The van der Waals surface area contributed by atoms with Gasteiger partial charge >= 0.3 is 0 Å². The van der Waals surface area contributed by atoms with Crippen molar-refractivity contribution in [1.82, 2.24) is 5.32 Å². The average Bonchev–Trinajstić information content (AvgIpc) is 2.34. The minimum absolute atomic E-state index is 0.387. The van der Waals surface area contributed by atoms with Crippen LogP contribution in [0.1, 0.15) is 12.8 Å². The molecule has 1 saturated heterocycles. The fourth-order valence-corrected chi connectivity index (χ4v) is 4.32. The molecule has 4 nitrogen and oxygen atoms in total. The highest BCUT2D eigenvalue weighted by atomic mass is 127. The van der Waals surface area contributed by atoms with E-state index >= 15 is 0 Å². The highest BCUT2D eigenvalue weighted by molar-refractivity contribution is 14.1. The second-order valence-corrected chi connectivity index (χ2v) is 7.85. The Labute approximate surface area is 126 Å². The Morgan fingerprint density at radius 2 is 2.22 bits per heavy atom. The van der Waals surface area contributed by atoms with Crippen LogP contribution in [0.2, 0.25) is 5.02 Å². The van der Waals surface area contributed by atoms with Crippen LogP contribution >= 0.6 is 34.2 Å². The fraction of sp³-hybridized carbons (Fsp3) is 0.455. The molecule has 0 spiro atoms. The molecule has 0 bridgehead atoms. The lowest BCUT2D eigenvalue weighted by molar-refractivity contribution is 0.499. The Morgan fingerprint density at radius 3 is 2.83 bits per heavy atom. The molecule has 2 rings (SSSR count). The maximum Gasteiger partial charge on any atom is 0.236 e. The van der Waals surface area contributed by atoms with E-state index in [0.29, 0.717) is 23.7 Å². The van der Waals surface area contributed by atoms with Crippen molar-refractivity contribution in [2.75, 3.05) is 17.8 Å². The van der Waals surface area contributed by atoms with E-state index in [1.807, 2.05) is 6.07 Å². The third-order valence-electron chi connectivity index (χ3n) is 2.87. The van der Waals surface area contributed by atoms with Crippen molar-refractivity contribution in [3.8, 4) is 0 Å². The van der Waals surface area contributed by atoms with Crippen LogP contribution in [0.25, 0.3) is 0 Å². The molecule has 0 amide bonds. The number of rotatable bonds is 3. The molecule has 1 fully saturated rings. The summed E-state index contributed by atoms with van der Waals surface area (Å²) < 4.78 is 27.9. The molecule has 1 unspecified atom stereocenters. The Bertz CT molecular complexity index is 530. The highest BCUT2D eigenvalue weighted by Crippen LogP contribution is 2.26. The van der Waals surface area contributed by atoms with Gasteiger partial charge in [0, 0.05) is 10.1 Å². The lowest BCUT2D eigenvalue weighted by Crippen LogP contribution is -2.41. The first kappa shape index (κ1) is 14.4. The normalized spacial score (nSPS) is 20.7. The van der Waals surface area contributed by atoms with Gasteiger partial charge in [-0.15, -0.1) is 0 Å². The number of nitrogens with one attached hydrogen (secondary N) is 2. The summed E-state index contributed by atoms with van der Waals surface area (Å²) in [6.07, 6.45) is 1.57. The topological polar surface area (TPSA) is 58.2 Å². The molecule has 0 aromatic heterocycles. The first-order valence-corrected chi connectivity index (χ1v) is 8.67. The van der Waals surface area contributed by atoms with Crippen molar-refractivity contribution < 1.29 is 8.42 Å². The number of hydrogen-bond donors (Lipinski definition) is 2. The Hall–Kier alpha value is -0.0500. The van der Waals surface area contributed by atoms with Crippen LogP contribution in [0, 0.1) is 3.57 Å². The maximum atomic E-state index is 12.2. The lowest BCUT2D eigenvalue weighted by Gasteiger charge is -2.23. The lowest BCUT2D eigenvalue weighted by atomic mass is 10.2. The second kappa shape index (κ2) is 5.94. The third-order valence-corrected chi connectivity index (χ3v) is 5.64. The van der Waals surface area contributed by atoms with Gasteiger partial charge in [0.25, 0.3) is 0 Å². The Morgan fingerprint density at radius 1 is 1.44 bits per heavy atom. The molecule has 7 heteroatoms. The van der Waals surface area contributed by atoms with E-state index in [1.54, 1.807) is 12.1 Å². The van der Waals surface area contributed by atoms with Gasteiger partial charge < -0.3 is 5.32 Å². The van der Waals surface area contributed by atoms with E-state index in [9.17, 15) is 8.42 Å². The van der Waals surface area contributed by atoms with Gasteiger partial charge in [-0.25, -0.2) is 8.42 Å². The SMILES string of the molecule is O=S(=O)(Nc1ccc(I)cc1Cl)C1CCCNC1. The van der Waals surface area contributed by atoms with Gasteiger partial charge in [-0.2, -0.15) is 0 Å². The summed E-state index contributed by atoms with van der Waals surface area (Å²) in [5.74, 6) is 0. The van der Waals surface area contributed by atoms with Crippen molar-refractivity contribution in [2.45, 2.75) is 18.1 Å². The molecule has 0 radical (unpaired) electrons. The van der Waals surface area contributed by atoms with Gasteiger partial charge in [0.1, 0.15) is 0 Å². The van der Waals surface area contributed by atoms with E-state index < -0.39 is 10.0 Å². The van der Waals surface area contributed by atoms with Crippen LogP contribution in [-0.4, -0.2) is 26.8 Å². The third kappa shape index (κ3) is 3.49. The average molecular weight is 401 g/mol. The molecular formula is C11H14ClIN2O2S. The van der Waals surface area contributed by atoms with Crippen LogP contribution < -0.4 is 10.0 Å². The van der Waals surface area contributed by atoms with Gasteiger partial charge in [0.15, 0.2) is 0 Å². The molecule has 1 aliphatic heterocycles. The van der Waals surface area contributed by atoms with Crippen LogP contribution in [0.5, 0.6) is 0 Å². The van der Waals surface area contributed by atoms with Crippen molar-refractivity contribution >= 4 is 49.9 Å². The van der Waals surface area contributed by atoms with Gasteiger partial charge in [0.2, 0.25) is 10.0 Å². The van der Waals surface area contributed by atoms with Gasteiger partial charge in [-0.3, -0.25) is 4.72 Å². The van der Waals surface area contributed by atoms with Crippen molar-refractivity contribution in [2.24, 2.45) is 0 Å². The standard InChI is InChI=1S/C11H14ClIN2O2S/c12-10-6-8(13)3-4-11(10)15-18(16,17)9-2-1-5-14-7-9/h3-4,6,9,14-15H,1-2,5,7H2. The van der Waals surface area contributed by atoms with Crippen LogP contribution in [0.15, 0.2) is 18.2 Å². The quantitative estimate of drug-likeness (QED) is 0.766. The van der Waals surface area contributed by atoms with Crippen molar-refractivity contribution in [3.05, 3.63) is 26.8 Å². The molecule has 1 aromatic carbocycles. The summed E-state index contributed by atoms with van der Waals surface area (Å²) in [4.78, 5) is 0. The predicted molar refractivity (Wildman–Crippen MR) is 82.6 cm³/mol. The first-order chi connectivity index (χ1) is 8.49. The molecule has 1 atom stereocenters. The summed E-state index contributed by atoms with van der Waals surface area (Å²) >= 11 is 8.16. The van der Waals surface area contributed by atoms with Crippen LogP contribution in [-0.2, 0) is 10.0 Å². The fourth-order valence-electron chi connectivity index (χ4n) is 1.89. The number of benzene rings is 1. The molecular weight excluding hydrogens is 387 g/mol. The number of piperidine rings is 1. The monoisotopic (exact) mass is 400 g/mol. The predicted octanol–water partition coefficient (Wildman–Crippen LogP) is 2.44. The molecule has 1 heterocycles. The highest BCUT2D eigenvalue weighted by Gasteiger charge is 2.27. The maximum absolute atomic E-state index is 12.2. The Kier molecular flexibility index (Phi) is 4.74. The van der Waals surface area contributed by atoms with E-state index in [4.69, 9.17) is 11.6 Å². The van der Waals surface area contributed by atoms with Gasteiger partial charge in [-0.1, -0.05) is 11.6 Å². The largest absolute Gasteiger partial charge is 0.315 e. The molecule has 1 aliphatic rings. The molecule has 18 heavy (non-hydrogen) atoms. The molecule has 2 N–H and O–H groups in total.